The van der Waals surface area contributed by atoms with Crippen LogP contribution in [0.3, 0.4) is 0 Å². The fourth-order valence-corrected chi connectivity index (χ4v) is 2.47. The number of anilines is 1. The number of carbonyl (C=O) groups is 3. The Bertz CT molecular complexity index is 562. The first kappa shape index (κ1) is 14.8. The molecule has 0 spiro atoms. The summed E-state index contributed by atoms with van der Waals surface area (Å²) in [6.07, 6.45) is 2.41. The second kappa shape index (κ2) is 5.82. The first-order valence-electron chi connectivity index (χ1n) is 6.65. The van der Waals surface area contributed by atoms with Crippen molar-refractivity contribution in [2.45, 2.75) is 31.2 Å². The van der Waals surface area contributed by atoms with Crippen LogP contribution in [0.15, 0.2) is 24.3 Å². The summed E-state index contributed by atoms with van der Waals surface area (Å²) >= 11 is 0. The SMILES string of the molecule is NC(=O)c1ccc(NC(=O)NC2(C(=O)O)CCCC2)cc1. The maximum absolute atomic E-state index is 11.9. The molecule has 1 aliphatic carbocycles. The van der Waals surface area contributed by atoms with E-state index in [2.05, 4.69) is 10.6 Å². The van der Waals surface area contributed by atoms with Crippen LogP contribution in [0.1, 0.15) is 36.0 Å². The van der Waals surface area contributed by atoms with Crippen LogP contribution in [-0.4, -0.2) is 28.6 Å². The number of urea groups is 1. The summed E-state index contributed by atoms with van der Waals surface area (Å²) in [6, 6.07) is 5.45. The molecule has 7 nitrogen and oxygen atoms in total. The Kier molecular flexibility index (Phi) is 4.11. The van der Waals surface area contributed by atoms with Crippen LogP contribution in [0.5, 0.6) is 0 Å². The van der Waals surface area contributed by atoms with E-state index in [4.69, 9.17) is 5.73 Å². The van der Waals surface area contributed by atoms with Gasteiger partial charge in [-0.05, 0) is 37.1 Å². The van der Waals surface area contributed by atoms with Crippen molar-refractivity contribution in [2.75, 3.05) is 5.32 Å². The fraction of sp³-hybridized carbons (Fsp3) is 0.357. The molecule has 0 aromatic heterocycles. The first-order chi connectivity index (χ1) is 9.93. The zero-order valence-corrected chi connectivity index (χ0v) is 11.4. The molecule has 0 heterocycles. The van der Waals surface area contributed by atoms with Crippen LogP contribution < -0.4 is 16.4 Å². The smallest absolute Gasteiger partial charge is 0.329 e. The third-order valence-electron chi connectivity index (χ3n) is 3.65. The van der Waals surface area contributed by atoms with Crippen molar-refractivity contribution in [1.29, 1.82) is 0 Å². The maximum atomic E-state index is 11.9. The van der Waals surface area contributed by atoms with E-state index in [1.54, 1.807) is 0 Å². The summed E-state index contributed by atoms with van der Waals surface area (Å²) in [5.41, 5.74) is 4.72. The number of nitrogens with one attached hydrogen (secondary N) is 2. The van der Waals surface area contributed by atoms with Crippen molar-refractivity contribution >= 4 is 23.6 Å². The zero-order chi connectivity index (χ0) is 15.5. The third-order valence-corrected chi connectivity index (χ3v) is 3.65. The van der Waals surface area contributed by atoms with E-state index in [0.29, 0.717) is 24.1 Å². The van der Waals surface area contributed by atoms with Gasteiger partial charge in [0.15, 0.2) is 0 Å². The number of nitrogens with two attached hydrogens (primary N) is 1. The molecule has 7 heteroatoms. The Morgan fingerprint density at radius 1 is 1.10 bits per heavy atom. The van der Waals surface area contributed by atoms with Crippen molar-refractivity contribution in [2.24, 2.45) is 5.73 Å². The normalized spacial score (nSPS) is 16.2. The van der Waals surface area contributed by atoms with Gasteiger partial charge in [-0.1, -0.05) is 12.8 Å². The monoisotopic (exact) mass is 291 g/mol. The molecule has 3 amide bonds. The van der Waals surface area contributed by atoms with Crippen LogP contribution >= 0.6 is 0 Å². The Balaban J connectivity index is 2.01. The van der Waals surface area contributed by atoms with Gasteiger partial charge in [0.25, 0.3) is 0 Å². The molecule has 1 aliphatic rings. The van der Waals surface area contributed by atoms with Gasteiger partial charge >= 0.3 is 12.0 Å². The molecule has 1 aromatic carbocycles. The Morgan fingerprint density at radius 2 is 1.67 bits per heavy atom. The molecular formula is C14H17N3O4. The highest BCUT2D eigenvalue weighted by Gasteiger charge is 2.42. The van der Waals surface area contributed by atoms with Gasteiger partial charge in [-0.15, -0.1) is 0 Å². The summed E-state index contributed by atoms with van der Waals surface area (Å²) in [4.78, 5) is 34.2. The van der Waals surface area contributed by atoms with Gasteiger partial charge in [-0.25, -0.2) is 9.59 Å². The highest BCUT2D eigenvalue weighted by Crippen LogP contribution is 2.30. The minimum absolute atomic E-state index is 0.332. The predicted molar refractivity (Wildman–Crippen MR) is 75.9 cm³/mol. The lowest BCUT2D eigenvalue weighted by Gasteiger charge is -2.25. The molecule has 0 bridgehead atoms. The molecule has 1 aromatic rings. The number of hydrogen-bond donors (Lipinski definition) is 4. The van der Waals surface area contributed by atoms with E-state index >= 15 is 0 Å². The van der Waals surface area contributed by atoms with Gasteiger partial charge in [0.2, 0.25) is 5.91 Å². The van der Waals surface area contributed by atoms with Crippen molar-refractivity contribution in [3.8, 4) is 0 Å². The lowest BCUT2D eigenvalue weighted by molar-refractivity contribution is -0.144. The van der Waals surface area contributed by atoms with Crippen molar-refractivity contribution in [1.82, 2.24) is 5.32 Å². The maximum Gasteiger partial charge on any atom is 0.329 e. The Hall–Kier alpha value is -2.57. The van der Waals surface area contributed by atoms with E-state index < -0.39 is 23.4 Å². The number of benzene rings is 1. The number of carbonyl (C=O) groups excluding carboxylic acids is 2. The quantitative estimate of drug-likeness (QED) is 0.668. The highest BCUT2D eigenvalue weighted by molar-refractivity contribution is 5.96. The minimum Gasteiger partial charge on any atom is -0.480 e. The molecule has 21 heavy (non-hydrogen) atoms. The molecule has 0 saturated heterocycles. The van der Waals surface area contributed by atoms with Gasteiger partial charge in [0, 0.05) is 11.3 Å². The van der Waals surface area contributed by atoms with E-state index in [0.717, 1.165) is 12.8 Å². The van der Waals surface area contributed by atoms with Crippen molar-refractivity contribution < 1.29 is 19.5 Å². The zero-order valence-electron chi connectivity index (χ0n) is 11.4. The van der Waals surface area contributed by atoms with Crippen molar-refractivity contribution in [3.05, 3.63) is 29.8 Å². The van der Waals surface area contributed by atoms with Gasteiger partial charge in [0.1, 0.15) is 5.54 Å². The highest BCUT2D eigenvalue weighted by atomic mass is 16.4. The number of carboxylic acid groups (broad SMARTS) is 1. The molecule has 2 rings (SSSR count). The van der Waals surface area contributed by atoms with Gasteiger partial charge in [-0.2, -0.15) is 0 Å². The second-order valence-electron chi connectivity index (χ2n) is 5.12. The number of primary amides is 1. The molecule has 0 unspecified atom stereocenters. The van der Waals surface area contributed by atoms with E-state index in [-0.39, 0.29) is 0 Å². The lowest BCUT2D eigenvalue weighted by atomic mass is 9.98. The lowest BCUT2D eigenvalue weighted by Crippen LogP contribution is -2.53. The van der Waals surface area contributed by atoms with Gasteiger partial charge in [0.05, 0.1) is 0 Å². The molecule has 1 saturated carbocycles. The van der Waals surface area contributed by atoms with Crippen LogP contribution in [0, 0.1) is 0 Å². The Morgan fingerprint density at radius 3 is 2.14 bits per heavy atom. The number of rotatable bonds is 4. The van der Waals surface area contributed by atoms with Crippen LogP contribution in [-0.2, 0) is 4.79 Å². The number of carboxylic acids is 1. The molecule has 0 aliphatic heterocycles. The van der Waals surface area contributed by atoms with Gasteiger partial charge < -0.3 is 21.5 Å². The largest absolute Gasteiger partial charge is 0.480 e. The summed E-state index contributed by atoms with van der Waals surface area (Å²) in [7, 11) is 0. The van der Waals surface area contributed by atoms with E-state index in [9.17, 15) is 19.5 Å². The van der Waals surface area contributed by atoms with Crippen LogP contribution in [0.4, 0.5) is 10.5 Å². The van der Waals surface area contributed by atoms with Crippen LogP contribution in [0.25, 0.3) is 0 Å². The number of hydrogen-bond acceptors (Lipinski definition) is 3. The average molecular weight is 291 g/mol. The molecule has 5 N–H and O–H groups in total. The number of aliphatic carboxylic acids is 1. The molecule has 1 fully saturated rings. The standard InChI is InChI=1S/C14H17N3O4/c15-11(18)9-3-5-10(6-4-9)16-13(21)17-14(12(19)20)7-1-2-8-14/h3-6H,1-2,7-8H2,(H2,15,18)(H,19,20)(H2,16,17,21). The fourth-order valence-electron chi connectivity index (χ4n) is 2.47. The summed E-state index contributed by atoms with van der Waals surface area (Å²) in [5.74, 6) is -1.57. The van der Waals surface area contributed by atoms with Crippen LogP contribution in [0.2, 0.25) is 0 Å². The average Bonchev–Trinajstić information content (AvgIpc) is 2.89. The first-order valence-corrected chi connectivity index (χ1v) is 6.65. The molecular weight excluding hydrogens is 274 g/mol. The molecule has 0 atom stereocenters. The number of amides is 3. The van der Waals surface area contributed by atoms with E-state index in [1.165, 1.54) is 24.3 Å². The summed E-state index contributed by atoms with van der Waals surface area (Å²) in [5, 5.41) is 14.4. The second-order valence-corrected chi connectivity index (χ2v) is 5.12. The molecule has 112 valence electrons. The van der Waals surface area contributed by atoms with E-state index in [1.807, 2.05) is 0 Å². The topological polar surface area (TPSA) is 122 Å². The molecule has 0 radical (unpaired) electrons. The summed E-state index contributed by atoms with van der Waals surface area (Å²) < 4.78 is 0. The minimum atomic E-state index is -1.18. The third kappa shape index (κ3) is 3.31. The predicted octanol–water partition coefficient (Wildman–Crippen LogP) is 1.30. The van der Waals surface area contributed by atoms with Crippen molar-refractivity contribution in [3.63, 3.8) is 0 Å². The van der Waals surface area contributed by atoms with Gasteiger partial charge in [-0.3, -0.25) is 4.79 Å². The Labute approximate surface area is 121 Å². The summed E-state index contributed by atoms with van der Waals surface area (Å²) in [6.45, 7) is 0.